The minimum absolute atomic E-state index is 0.0702. The van der Waals surface area contributed by atoms with Crippen molar-refractivity contribution in [1.82, 2.24) is 4.98 Å². The van der Waals surface area contributed by atoms with E-state index in [4.69, 9.17) is 10.5 Å². The fourth-order valence-electron chi connectivity index (χ4n) is 1.10. The number of ether oxygens (including phenoxy) is 1. The Labute approximate surface area is 82.9 Å². The second-order valence-electron chi connectivity index (χ2n) is 3.01. The lowest BCUT2D eigenvalue weighted by Crippen LogP contribution is -2.27. The van der Waals surface area contributed by atoms with Gasteiger partial charge in [0.25, 0.3) is 0 Å². The average Bonchev–Trinajstić information content (AvgIpc) is 2.52. The van der Waals surface area contributed by atoms with Gasteiger partial charge in [0.1, 0.15) is 0 Å². The molecule has 0 amide bonds. The van der Waals surface area contributed by atoms with Crippen molar-refractivity contribution in [2.75, 3.05) is 13.7 Å². The van der Waals surface area contributed by atoms with Crippen molar-refractivity contribution < 1.29 is 4.74 Å². The van der Waals surface area contributed by atoms with Crippen LogP contribution in [0.4, 0.5) is 0 Å². The minimum Gasteiger partial charge on any atom is -0.383 e. The van der Waals surface area contributed by atoms with Crippen LogP contribution in [-0.2, 0) is 17.6 Å². The summed E-state index contributed by atoms with van der Waals surface area (Å²) in [6.07, 6.45) is 1.81. The summed E-state index contributed by atoms with van der Waals surface area (Å²) in [6.45, 7) is 2.70. The Kier molecular flexibility index (Phi) is 4.35. The number of methoxy groups -OCH3 is 1. The molecule has 2 N–H and O–H groups in total. The van der Waals surface area contributed by atoms with E-state index in [9.17, 15) is 0 Å². The summed E-state index contributed by atoms with van der Waals surface area (Å²) in [5.74, 6) is 0. The number of thiazole rings is 1. The number of aromatic nitrogens is 1. The minimum atomic E-state index is 0.0702. The fourth-order valence-corrected chi connectivity index (χ4v) is 2.07. The molecule has 1 aromatic heterocycles. The van der Waals surface area contributed by atoms with Gasteiger partial charge in [-0.25, -0.2) is 4.98 Å². The maximum Gasteiger partial charge on any atom is 0.0944 e. The predicted octanol–water partition coefficient (Wildman–Crippen LogP) is 1.22. The zero-order valence-electron chi connectivity index (χ0n) is 8.12. The Hall–Kier alpha value is -0.450. The summed E-state index contributed by atoms with van der Waals surface area (Å²) in [7, 11) is 1.67. The third-order valence-electron chi connectivity index (χ3n) is 1.78. The van der Waals surface area contributed by atoms with Crippen LogP contribution < -0.4 is 5.73 Å². The molecule has 0 spiro atoms. The van der Waals surface area contributed by atoms with Gasteiger partial charge in [0, 0.05) is 25.0 Å². The Bertz CT molecular complexity index is 250. The van der Waals surface area contributed by atoms with Gasteiger partial charge in [-0.2, -0.15) is 0 Å². The van der Waals surface area contributed by atoms with Gasteiger partial charge in [0.2, 0.25) is 0 Å². The van der Waals surface area contributed by atoms with Crippen LogP contribution in [0.2, 0.25) is 0 Å². The van der Waals surface area contributed by atoms with Crippen molar-refractivity contribution in [1.29, 1.82) is 0 Å². The topological polar surface area (TPSA) is 48.1 Å². The quantitative estimate of drug-likeness (QED) is 0.777. The molecule has 4 heteroatoms. The molecule has 0 saturated heterocycles. The van der Waals surface area contributed by atoms with Gasteiger partial charge in [-0.3, -0.25) is 0 Å². The third kappa shape index (κ3) is 3.42. The SMILES string of the molecule is CCc1csc(CC(N)COC)n1. The van der Waals surface area contributed by atoms with E-state index >= 15 is 0 Å². The molecule has 0 aliphatic heterocycles. The van der Waals surface area contributed by atoms with Gasteiger partial charge in [-0.1, -0.05) is 6.92 Å². The molecule has 0 saturated carbocycles. The number of aryl methyl sites for hydroxylation is 1. The summed E-state index contributed by atoms with van der Waals surface area (Å²) < 4.78 is 4.96. The largest absolute Gasteiger partial charge is 0.383 e. The molecule has 74 valence electrons. The normalized spacial score (nSPS) is 13.2. The van der Waals surface area contributed by atoms with Gasteiger partial charge in [-0.15, -0.1) is 11.3 Å². The summed E-state index contributed by atoms with van der Waals surface area (Å²) >= 11 is 1.68. The highest BCUT2D eigenvalue weighted by Crippen LogP contribution is 2.11. The van der Waals surface area contributed by atoms with E-state index in [1.165, 1.54) is 0 Å². The highest BCUT2D eigenvalue weighted by Gasteiger charge is 2.06. The van der Waals surface area contributed by atoms with Crippen LogP contribution in [0.15, 0.2) is 5.38 Å². The van der Waals surface area contributed by atoms with Crippen molar-refractivity contribution in [2.45, 2.75) is 25.8 Å². The van der Waals surface area contributed by atoms with Gasteiger partial charge in [-0.05, 0) is 6.42 Å². The number of hydrogen-bond donors (Lipinski definition) is 1. The fraction of sp³-hybridized carbons (Fsp3) is 0.667. The first-order valence-electron chi connectivity index (χ1n) is 4.44. The van der Waals surface area contributed by atoms with E-state index in [1.54, 1.807) is 18.4 Å². The van der Waals surface area contributed by atoms with Crippen LogP contribution in [0.1, 0.15) is 17.6 Å². The van der Waals surface area contributed by atoms with Crippen LogP contribution in [0.5, 0.6) is 0 Å². The van der Waals surface area contributed by atoms with Crippen LogP contribution in [0, 0.1) is 0 Å². The van der Waals surface area contributed by atoms with E-state index < -0.39 is 0 Å². The summed E-state index contributed by atoms with van der Waals surface area (Å²) in [5.41, 5.74) is 6.97. The molecule has 1 aromatic rings. The lowest BCUT2D eigenvalue weighted by atomic mass is 10.2. The number of hydrogen-bond acceptors (Lipinski definition) is 4. The average molecular weight is 200 g/mol. The Balaban J connectivity index is 2.44. The molecule has 0 radical (unpaired) electrons. The van der Waals surface area contributed by atoms with E-state index in [2.05, 4.69) is 17.3 Å². The van der Waals surface area contributed by atoms with Crippen LogP contribution in [-0.4, -0.2) is 24.7 Å². The first kappa shape index (κ1) is 10.6. The predicted molar refractivity (Wildman–Crippen MR) is 55.0 cm³/mol. The number of rotatable bonds is 5. The molecule has 0 aliphatic rings. The van der Waals surface area contributed by atoms with Crippen LogP contribution >= 0.6 is 11.3 Å². The molecule has 0 fully saturated rings. The summed E-state index contributed by atoms with van der Waals surface area (Å²) in [5, 5.41) is 3.20. The highest BCUT2D eigenvalue weighted by molar-refractivity contribution is 7.09. The van der Waals surface area contributed by atoms with Gasteiger partial charge in [0.05, 0.1) is 17.3 Å². The van der Waals surface area contributed by atoms with Gasteiger partial charge >= 0.3 is 0 Å². The first-order valence-corrected chi connectivity index (χ1v) is 5.32. The van der Waals surface area contributed by atoms with Crippen molar-refractivity contribution >= 4 is 11.3 Å². The molecule has 1 atom stereocenters. The summed E-state index contributed by atoms with van der Waals surface area (Å²) in [6, 6.07) is 0.0702. The molecule has 0 bridgehead atoms. The van der Waals surface area contributed by atoms with Gasteiger partial charge < -0.3 is 10.5 Å². The van der Waals surface area contributed by atoms with E-state index in [0.29, 0.717) is 6.61 Å². The molecular formula is C9H16N2OS. The molecular weight excluding hydrogens is 184 g/mol. The summed E-state index contributed by atoms with van der Waals surface area (Å²) in [4.78, 5) is 4.43. The second-order valence-corrected chi connectivity index (χ2v) is 3.95. The third-order valence-corrected chi connectivity index (χ3v) is 2.70. The van der Waals surface area contributed by atoms with Crippen molar-refractivity contribution in [3.63, 3.8) is 0 Å². The lowest BCUT2D eigenvalue weighted by Gasteiger charge is -2.06. The van der Waals surface area contributed by atoms with Crippen LogP contribution in [0.25, 0.3) is 0 Å². The van der Waals surface area contributed by atoms with E-state index in [0.717, 1.165) is 23.5 Å². The maximum absolute atomic E-state index is 5.81. The lowest BCUT2D eigenvalue weighted by molar-refractivity contribution is 0.180. The van der Waals surface area contributed by atoms with Crippen molar-refractivity contribution in [3.05, 3.63) is 16.1 Å². The molecule has 0 aliphatic carbocycles. The van der Waals surface area contributed by atoms with E-state index in [1.807, 2.05) is 0 Å². The molecule has 13 heavy (non-hydrogen) atoms. The molecule has 0 aromatic carbocycles. The standard InChI is InChI=1S/C9H16N2OS/c1-3-8-6-13-9(11-8)4-7(10)5-12-2/h6-7H,3-5,10H2,1-2H3. The molecule has 1 unspecified atom stereocenters. The van der Waals surface area contributed by atoms with E-state index in [-0.39, 0.29) is 6.04 Å². The zero-order valence-corrected chi connectivity index (χ0v) is 8.93. The van der Waals surface area contributed by atoms with Crippen LogP contribution in [0.3, 0.4) is 0 Å². The Morgan fingerprint density at radius 1 is 1.69 bits per heavy atom. The highest BCUT2D eigenvalue weighted by atomic mass is 32.1. The molecule has 1 heterocycles. The van der Waals surface area contributed by atoms with Gasteiger partial charge in [0.15, 0.2) is 0 Å². The Morgan fingerprint density at radius 2 is 2.46 bits per heavy atom. The maximum atomic E-state index is 5.81. The monoisotopic (exact) mass is 200 g/mol. The van der Waals surface area contributed by atoms with Crippen molar-refractivity contribution in [3.8, 4) is 0 Å². The zero-order chi connectivity index (χ0) is 9.68. The molecule has 1 rings (SSSR count). The number of nitrogens with two attached hydrogens (primary N) is 1. The smallest absolute Gasteiger partial charge is 0.0944 e. The van der Waals surface area contributed by atoms with Crippen molar-refractivity contribution in [2.24, 2.45) is 5.73 Å². The second kappa shape index (κ2) is 5.32. The Morgan fingerprint density at radius 3 is 3.00 bits per heavy atom. The first-order chi connectivity index (χ1) is 6.26. The number of nitrogens with zero attached hydrogens (tertiary/aromatic N) is 1. The molecule has 3 nitrogen and oxygen atoms in total.